The van der Waals surface area contributed by atoms with E-state index in [1.54, 1.807) is 18.2 Å². The summed E-state index contributed by atoms with van der Waals surface area (Å²) in [7, 11) is 4.00. The number of benzene rings is 2. The minimum absolute atomic E-state index is 0.0799. The maximum absolute atomic E-state index is 14.3. The molecule has 0 atom stereocenters. The molecule has 1 saturated heterocycles. The van der Waals surface area contributed by atoms with Gasteiger partial charge in [0.2, 0.25) is 0 Å². The molecule has 6 heteroatoms. The van der Waals surface area contributed by atoms with Crippen LogP contribution in [-0.4, -0.2) is 59.7 Å². The SMILES string of the molecule is Cc1ccc(C2=C(N(C)C3CCN(C)CC3)C(=O)N(Cc3ccccc3F)C2=O)c(C)c1. The number of carbonyl (C=O) groups is 2. The van der Waals surface area contributed by atoms with E-state index in [1.807, 2.05) is 44.0 Å². The van der Waals surface area contributed by atoms with Gasteiger partial charge in [-0.15, -0.1) is 0 Å². The number of aryl methyl sites for hydroxylation is 2. The average molecular weight is 436 g/mol. The molecular weight excluding hydrogens is 405 g/mol. The van der Waals surface area contributed by atoms with Crippen molar-refractivity contribution in [3.63, 3.8) is 0 Å². The quantitative estimate of drug-likeness (QED) is 0.671. The van der Waals surface area contributed by atoms with E-state index in [2.05, 4.69) is 11.9 Å². The van der Waals surface area contributed by atoms with Crippen LogP contribution in [0.1, 0.15) is 35.1 Å². The van der Waals surface area contributed by atoms with Gasteiger partial charge >= 0.3 is 0 Å². The Labute approximate surface area is 189 Å². The lowest BCUT2D eigenvalue weighted by Crippen LogP contribution is -2.43. The fraction of sp³-hybridized carbons (Fsp3) is 0.385. The third-order valence-electron chi connectivity index (χ3n) is 6.67. The van der Waals surface area contributed by atoms with E-state index in [-0.39, 0.29) is 24.4 Å². The van der Waals surface area contributed by atoms with E-state index >= 15 is 0 Å². The van der Waals surface area contributed by atoms with Crippen molar-refractivity contribution < 1.29 is 14.0 Å². The Hall–Kier alpha value is -2.99. The van der Waals surface area contributed by atoms with Crippen LogP contribution in [0.2, 0.25) is 0 Å². The number of rotatable bonds is 5. The second-order valence-corrected chi connectivity index (χ2v) is 8.98. The zero-order valence-corrected chi connectivity index (χ0v) is 19.2. The number of halogens is 1. The van der Waals surface area contributed by atoms with Gasteiger partial charge in [0.25, 0.3) is 11.8 Å². The summed E-state index contributed by atoms with van der Waals surface area (Å²) in [5.74, 6) is -1.13. The van der Waals surface area contributed by atoms with Crippen molar-refractivity contribution in [2.75, 3.05) is 27.2 Å². The molecule has 0 spiro atoms. The molecular formula is C26H30FN3O2. The van der Waals surface area contributed by atoms with Crippen LogP contribution in [0.4, 0.5) is 4.39 Å². The Morgan fingerprint density at radius 3 is 2.38 bits per heavy atom. The third kappa shape index (κ3) is 4.07. The van der Waals surface area contributed by atoms with Crippen LogP contribution in [-0.2, 0) is 16.1 Å². The molecule has 2 aromatic rings. The van der Waals surface area contributed by atoms with E-state index < -0.39 is 5.82 Å². The van der Waals surface area contributed by atoms with Crippen LogP contribution in [0.5, 0.6) is 0 Å². The molecule has 168 valence electrons. The van der Waals surface area contributed by atoms with E-state index in [9.17, 15) is 14.0 Å². The van der Waals surface area contributed by atoms with Crippen molar-refractivity contribution in [1.82, 2.24) is 14.7 Å². The molecule has 0 aromatic heterocycles. The lowest BCUT2D eigenvalue weighted by atomic mass is 9.96. The maximum Gasteiger partial charge on any atom is 0.278 e. The summed E-state index contributed by atoms with van der Waals surface area (Å²) in [4.78, 5) is 32.7. The lowest BCUT2D eigenvalue weighted by Gasteiger charge is -2.36. The van der Waals surface area contributed by atoms with E-state index in [1.165, 1.54) is 11.0 Å². The topological polar surface area (TPSA) is 43.9 Å². The molecule has 0 saturated carbocycles. The first-order chi connectivity index (χ1) is 15.3. The van der Waals surface area contributed by atoms with E-state index in [0.717, 1.165) is 42.6 Å². The Morgan fingerprint density at radius 1 is 1.03 bits per heavy atom. The Morgan fingerprint density at radius 2 is 1.72 bits per heavy atom. The summed E-state index contributed by atoms with van der Waals surface area (Å²) in [6, 6.07) is 12.4. The number of hydrogen-bond donors (Lipinski definition) is 0. The molecule has 0 bridgehead atoms. The Bertz CT molecular complexity index is 1090. The van der Waals surface area contributed by atoms with Crippen LogP contribution in [0.15, 0.2) is 48.2 Å². The summed E-state index contributed by atoms with van der Waals surface area (Å²) in [6.45, 7) is 5.77. The number of imide groups is 1. The minimum Gasteiger partial charge on any atom is -0.366 e. The highest BCUT2D eigenvalue weighted by Gasteiger charge is 2.43. The molecule has 2 aromatic carbocycles. The van der Waals surface area contributed by atoms with Crippen molar-refractivity contribution in [2.45, 2.75) is 39.3 Å². The van der Waals surface area contributed by atoms with Gasteiger partial charge in [-0.3, -0.25) is 14.5 Å². The average Bonchev–Trinajstić information content (AvgIpc) is 3.00. The van der Waals surface area contributed by atoms with Crippen LogP contribution >= 0.6 is 0 Å². The molecule has 2 aliphatic rings. The van der Waals surface area contributed by atoms with Gasteiger partial charge in [-0.2, -0.15) is 0 Å². The van der Waals surface area contributed by atoms with Crippen molar-refractivity contribution in [3.05, 3.63) is 76.2 Å². The normalized spacial score (nSPS) is 18.1. The maximum atomic E-state index is 14.3. The number of carbonyl (C=O) groups excluding carboxylic acids is 2. The zero-order valence-electron chi connectivity index (χ0n) is 19.2. The van der Waals surface area contributed by atoms with E-state index in [0.29, 0.717) is 16.8 Å². The monoisotopic (exact) mass is 435 g/mol. The first-order valence-corrected chi connectivity index (χ1v) is 11.1. The number of likely N-dealkylation sites (tertiary alicyclic amines) is 1. The fourth-order valence-electron chi connectivity index (χ4n) is 4.73. The smallest absolute Gasteiger partial charge is 0.278 e. The van der Waals surface area contributed by atoms with Crippen molar-refractivity contribution in [3.8, 4) is 0 Å². The molecule has 5 nitrogen and oxygen atoms in total. The van der Waals surface area contributed by atoms with Gasteiger partial charge in [-0.05, 0) is 64.0 Å². The Balaban J connectivity index is 1.76. The molecule has 2 aliphatic heterocycles. The third-order valence-corrected chi connectivity index (χ3v) is 6.67. The summed E-state index contributed by atoms with van der Waals surface area (Å²) >= 11 is 0. The van der Waals surface area contributed by atoms with Crippen LogP contribution in [0.3, 0.4) is 0 Å². The molecule has 2 amide bonds. The van der Waals surface area contributed by atoms with Gasteiger partial charge in [0.1, 0.15) is 11.5 Å². The van der Waals surface area contributed by atoms with Gasteiger partial charge in [-0.1, -0.05) is 42.0 Å². The molecule has 1 fully saturated rings. The largest absolute Gasteiger partial charge is 0.366 e. The van der Waals surface area contributed by atoms with Crippen molar-refractivity contribution in [1.29, 1.82) is 0 Å². The molecule has 2 heterocycles. The van der Waals surface area contributed by atoms with Gasteiger partial charge in [-0.25, -0.2) is 4.39 Å². The lowest BCUT2D eigenvalue weighted by molar-refractivity contribution is -0.138. The zero-order chi connectivity index (χ0) is 23.0. The summed E-state index contributed by atoms with van der Waals surface area (Å²) in [5, 5.41) is 0. The van der Waals surface area contributed by atoms with Crippen LogP contribution < -0.4 is 0 Å². The molecule has 0 aliphatic carbocycles. The van der Waals surface area contributed by atoms with Crippen molar-refractivity contribution in [2.24, 2.45) is 0 Å². The van der Waals surface area contributed by atoms with E-state index in [4.69, 9.17) is 0 Å². The van der Waals surface area contributed by atoms with Gasteiger partial charge in [0, 0.05) is 18.7 Å². The highest BCUT2D eigenvalue weighted by atomic mass is 19.1. The first kappa shape index (κ1) is 22.2. The van der Waals surface area contributed by atoms with Crippen LogP contribution in [0.25, 0.3) is 5.57 Å². The predicted molar refractivity (Wildman–Crippen MR) is 123 cm³/mol. The van der Waals surface area contributed by atoms with Crippen molar-refractivity contribution >= 4 is 17.4 Å². The molecule has 0 N–H and O–H groups in total. The molecule has 0 radical (unpaired) electrons. The minimum atomic E-state index is -0.418. The summed E-state index contributed by atoms with van der Waals surface area (Å²) in [6.07, 6.45) is 1.84. The number of piperidine rings is 1. The van der Waals surface area contributed by atoms with Gasteiger partial charge in [0.05, 0.1) is 12.1 Å². The van der Waals surface area contributed by atoms with Gasteiger partial charge in [0.15, 0.2) is 0 Å². The summed E-state index contributed by atoms with van der Waals surface area (Å²) in [5.41, 5.74) is 3.98. The first-order valence-electron chi connectivity index (χ1n) is 11.1. The van der Waals surface area contributed by atoms with Crippen LogP contribution in [0, 0.1) is 19.7 Å². The highest BCUT2D eigenvalue weighted by Crippen LogP contribution is 2.36. The number of nitrogens with zero attached hydrogens (tertiary/aromatic N) is 3. The highest BCUT2D eigenvalue weighted by molar-refractivity contribution is 6.35. The number of likely N-dealkylation sites (N-methyl/N-ethyl adjacent to an activating group) is 1. The summed E-state index contributed by atoms with van der Waals surface area (Å²) < 4.78 is 14.3. The molecule has 0 unspecified atom stereocenters. The fourth-order valence-corrected chi connectivity index (χ4v) is 4.73. The second kappa shape index (κ2) is 8.87. The number of hydrogen-bond acceptors (Lipinski definition) is 4. The standard InChI is InChI=1S/C26H30FN3O2/c1-17-9-10-21(18(2)15-17)23-24(29(4)20-11-13-28(3)14-12-20)26(32)30(25(23)31)16-19-7-5-6-8-22(19)27/h5-10,15,20H,11-14,16H2,1-4H3. The molecule has 4 rings (SSSR count). The number of amides is 2. The van der Waals surface area contributed by atoms with Gasteiger partial charge < -0.3 is 9.80 Å². The molecule has 32 heavy (non-hydrogen) atoms. The Kier molecular flexibility index (Phi) is 6.15. The predicted octanol–water partition coefficient (Wildman–Crippen LogP) is 3.75. The second-order valence-electron chi connectivity index (χ2n) is 8.98.